The Morgan fingerprint density at radius 3 is 2.72 bits per heavy atom. The number of benzene rings is 1. The van der Waals surface area contributed by atoms with Crippen LogP contribution in [0.25, 0.3) is 10.9 Å². The summed E-state index contributed by atoms with van der Waals surface area (Å²) in [6.45, 7) is 0. The molecular formula is C18H23ClN4O2. The average Bonchev–Trinajstić information content (AvgIpc) is 2.99. The molecule has 6 nitrogen and oxygen atoms in total. The standard InChI is InChI=1S/C18H23ClN4O2/c1-23(2)18(25)10-3-5-15(13(20)8-10)22-17(24)16-9-11-7-12(19)4-6-14(11)21-16/h4,6-7,9-10,13,15,21H,3,5,8,20H2,1-2H3,(H,22,24)/t10-,13-,15-/m0/s1. The van der Waals surface area contributed by atoms with Crippen molar-refractivity contribution in [3.05, 3.63) is 35.0 Å². The summed E-state index contributed by atoms with van der Waals surface area (Å²) < 4.78 is 0. The Kier molecular flexibility index (Phi) is 5.01. The number of aromatic amines is 1. The maximum atomic E-state index is 12.5. The molecule has 0 radical (unpaired) electrons. The van der Waals surface area contributed by atoms with Gasteiger partial charge in [-0.2, -0.15) is 0 Å². The minimum atomic E-state index is -0.231. The highest BCUT2D eigenvalue weighted by molar-refractivity contribution is 6.31. The molecule has 0 spiro atoms. The van der Waals surface area contributed by atoms with Crippen LogP contribution in [0.5, 0.6) is 0 Å². The third-order valence-electron chi connectivity index (χ3n) is 4.83. The molecule has 0 aliphatic heterocycles. The lowest BCUT2D eigenvalue weighted by molar-refractivity contribution is -0.134. The molecule has 2 aromatic rings. The van der Waals surface area contributed by atoms with Gasteiger partial charge >= 0.3 is 0 Å². The number of fused-ring (bicyclic) bond motifs is 1. The van der Waals surface area contributed by atoms with Crippen molar-refractivity contribution in [1.82, 2.24) is 15.2 Å². The van der Waals surface area contributed by atoms with Gasteiger partial charge in [-0.15, -0.1) is 0 Å². The number of H-pyrrole nitrogens is 1. The number of hydrogen-bond donors (Lipinski definition) is 3. The van der Waals surface area contributed by atoms with E-state index < -0.39 is 0 Å². The van der Waals surface area contributed by atoms with Crippen molar-refractivity contribution in [3.63, 3.8) is 0 Å². The first kappa shape index (κ1) is 17.8. The molecule has 1 saturated carbocycles. The number of nitrogens with zero attached hydrogens (tertiary/aromatic N) is 1. The zero-order valence-electron chi connectivity index (χ0n) is 14.4. The third-order valence-corrected chi connectivity index (χ3v) is 5.07. The Labute approximate surface area is 151 Å². The van der Waals surface area contributed by atoms with Crippen LogP contribution in [0.15, 0.2) is 24.3 Å². The number of nitrogens with two attached hydrogens (primary N) is 1. The summed E-state index contributed by atoms with van der Waals surface area (Å²) in [5, 5.41) is 4.52. The van der Waals surface area contributed by atoms with Crippen LogP contribution in [0.3, 0.4) is 0 Å². The van der Waals surface area contributed by atoms with Crippen molar-refractivity contribution in [2.45, 2.75) is 31.3 Å². The second-order valence-electron chi connectivity index (χ2n) is 6.90. The summed E-state index contributed by atoms with van der Waals surface area (Å²) >= 11 is 5.98. The second kappa shape index (κ2) is 7.06. The van der Waals surface area contributed by atoms with E-state index in [1.54, 1.807) is 31.1 Å². The van der Waals surface area contributed by atoms with Crippen molar-refractivity contribution in [2.24, 2.45) is 11.7 Å². The largest absolute Gasteiger partial charge is 0.351 e. The normalized spacial score (nSPS) is 23.4. The maximum Gasteiger partial charge on any atom is 0.268 e. The number of aromatic nitrogens is 1. The van der Waals surface area contributed by atoms with Gasteiger partial charge in [0.15, 0.2) is 0 Å². The lowest BCUT2D eigenvalue weighted by Gasteiger charge is -2.34. The summed E-state index contributed by atoms with van der Waals surface area (Å²) in [5.74, 6) is -0.147. The summed E-state index contributed by atoms with van der Waals surface area (Å²) in [5.41, 5.74) is 7.56. The highest BCUT2D eigenvalue weighted by atomic mass is 35.5. The monoisotopic (exact) mass is 362 g/mol. The van der Waals surface area contributed by atoms with E-state index in [1.807, 2.05) is 12.1 Å². The maximum absolute atomic E-state index is 12.5. The van der Waals surface area contributed by atoms with Gasteiger partial charge in [0.1, 0.15) is 5.69 Å². The van der Waals surface area contributed by atoms with Crippen LogP contribution in [-0.2, 0) is 4.79 Å². The zero-order chi connectivity index (χ0) is 18.1. The molecule has 1 aliphatic rings. The molecule has 25 heavy (non-hydrogen) atoms. The van der Waals surface area contributed by atoms with Gasteiger partial charge in [-0.3, -0.25) is 9.59 Å². The molecule has 0 unspecified atom stereocenters. The van der Waals surface area contributed by atoms with Gasteiger partial charge in [0.2, 0.25) is 5.91 Å². The molecule has 4 N–H and O–H groups in total. The predicted molar refractivity (Wildman–Crippen MR) is 98.6 cm³/mol. The summed E-state index contributed by atoms with van der Waals surface area (Å²) in [4.78, 5) is 29.3. The van der Waals surface area contributed by atoms with Crippen LogP contribution in [0.1, 0.15) is 29.8 Å². The predicted octanol–water partition coefficient (Wildman–Crippen LogP) is 2.14. The molecule has 3 rings (SSSR count). The number of halogens is 1. The molecule has 1 aliphatic carbocycles. The highest BCUT2D eigenvalue weighted by Gasteiger charge is 2.33. The fraction of sp³-hybridized carbons (Fsp3) is 0.444. The minimum absolute atomic E-state index is 0.0617. The van der Waals surface area contributed by atoms with Gasteiger partial charge < -0.3 is 20.9 Å². The quantitative estimate of drug-likeness (QED) is 0.781. The number of hydrogen-bond acceptors (Lipinski definition) is 3. The third kappa shape index (κ3) is 3.80. The molecule has 1 fully saturated rings. The number of amides is 2. The van der Waals surface area contributed by atoms with Crippen molar-refractivity contribution in [3.8, 4) is 0 Å². The van der Waals surface area contributed by atoms with Gasteiger partial charge in [-0.1, -0.05) is 11.6 Å². The average molecular weight is 363 g/mol. The molecule has 0 bridgehead atoms. The van der Waals surface area contributed by atoms with E-state index >= 15 is 0 Å². The van der Waals surface area contributed by atoms with Crippen molar-refractivity contribution >= 4 is 34.3 Å². The Bertz CT molecular complexity index is 801. The van der Waals surface area contributed by atoms with Gasteiger partial charge in [0, 0.05) is 48.0 Å². The van der Waals surface area contributed by atoms with E-state index in [4.69, 9.17) is 17.3 Å². The van der Waals surface area contributed by atoms with Gasteiger partial charge in [0.05, 0.1) is 0 Å². The summed E-state index contributed by atoms with van der Waals surface area (Å²) in [7, 11) is 3.51. The van der Waals surface area contributed by atoms with E-state index in [0.717, 1.165) is 17.3 Å². The van der Waals surface area contributed by atoms with E-state index in [0.29, 0.717) is 23.6 Å². The van der Waals surface area contributed by atoms with E-state index in [1.165, 1.54) is 0 Å². The number of carbonyl (C=O) groups excluding carboxylic acids is 2. The van der Waals surface area contributed by atoms with E-state index in [2.05, 4.69) is 10.3 Å². The van der Waals surface area contributed by atoms with Crippen molar-refractivity contribution in [2.75, 3.05) is 14.1 Å². The lowest BCUT2D eigenvalue weighted by atomic mass is 9.82. The Hall–Kier alpha value is -2.05. The van der Waals surface area contributed by atoms with Gasteiger partial charge in [-0.05, 0) is 43.5 Å². The fourth-order valence-corrected chi connectivity index (χ4v) is 3.63. The molecule has 0 saturated heterocycles. The van der Waals surface area contributed by atoms with Crippen LogP contribution in [0.2, 0.25) is 5.02 Å². The number of rotatable bonds is 3. The first-order valence-electron chi connectivity index (χ1n) is 8.41. The van der Waals surface area contributed by atoms with Crippen LogP contribution in [0, 0.1) is 5.92 Å². The highest BCUT2D eigenvalue weighted by Crippen LogP contribution is 2.26. The van der Waals surface area contributed by atoms with Crippen LogP contribution in [0.4, 0.5) is 0 Å². The molecule has 134 valence electrons. The SMILES string of the molecule is CN(C)C(=O)[C@H]1CC[C@H](NC(=O)c2cc3cc(Cl)ccc3[nH]2)[C@@H](N)C1. The van der Waals surface area contributed by atoms with Crippen molar-refractivity contribution in [1.29, 1.82) is 0 Å². The van der Waals surface area contributed by atoms with Crippen LogP contribution >= 0.6 is 11.6 Å². The number of carbonyl (C=O) groups is 2. The number of nitrogens with one attached hydrogen (secondary N) is 2. The van der Waals surface area contributed by atoms with Crippen molar-refractivity contribution < 1.29 is 9.59 Å². The van der Waals surface area contributed by atoms with Gasteiger partial charge in [0.25, 0.3) is 5.91 Å². The molecule has 1 aromatic heterocycles. The minimum Gasteiger partial charge on any atom is -0.351 e. The Morgan fingerprint density at radius 2 is 2.04 bits per heavy atom. The molecule has 2 amide bonds. The lowest BCUT2D eigenvalue weighted by Crippen LogP contribution is -2.52. The summed E-state index contributed by atoms with van der Waals surface area (Å²) in [6, 6.07) is 6.86. The molecule has 1 aromatic carbocycles. The molecule has 3 atom stereocenters. The Balaban J connectivity index is 1.65. The molecule has 1 heterocycles. The van der Waals surface area contributed by atoms with Crippen LogP contribution in [-0.4, -0.2) is 47.9 Å². The topological polar surface area (TPSA) is 91.2 Å². The molecular weight excluding hydrogens is 340 g/mol. The van der Waals surface area contributed by atoms with E-state index in [-0.39, 0.29) is 29.8 Å². The second-order valence-corrected chi connectivity index (χ2v) is 7.34. The van der Waals surface area contributed by atoms with Crippen LogP contribution < -0.4 is 11.1 Å². The first-order chi connectivity index (χ1) is 11.8. The van der Waals surface area contributed by atoms with E-state index in [9.17, 15) is 9.59 Å². The zero-order valence-corrected chi connectivity index (χ0v) is 15.1. The molecule has 7 heteroatoms. The fourth-order valence-electron chi connectivity index (χ4n) is 3.45. The first-order valence-corrected chi connectivity index (χ1v) is 8.79. The summed E-state index contributed by atoms with van der Waals surface area (Å²) in [6.07, 6.45) is 2.02. The Morgan fingerprint density at radius 1 is 1.28 bits per heavy atom. The smallest absolute Gasteiger partial charge is 0.268 e. The van der Waals surface area contributed by atoms with Gasteiger partial charge in [-0.25, -0.2) is 0 Å².